The molecule has 1 aromatic heterocycles. The molecule has 0 saturated carbocycles. The molecule has 2 N–H and O–H groups in total. The summed E-state index contributed by atoms with van der Waals surface area (Å²) in [4.78, 5) is 3.78. The maximum absolute atomic E-state index is 6.02. The zero-order valence-electron chi connectivity index (χ0n) is 11.7. The van der Waals surface area contributed by atoms with Crippen LogP contribution in [0.1, 0.15) is 51.0 Å². The number of halogens is 1. The Balaban J connectivity index is 2.74. The van der Waals surface area contributed by atoms with Crippen molar-refractivity contribution < 1.29 is 0 Å². The van der Waals surface area contributed by atoms with Crippen molar-refractivity contribution in [2.75, 3.05) is 13.1 Å². The molecule has 104 valence electrons. The molecule has 0 amide bonds. The summed E-state index contributed by atoms with van der Waals surface area (Å²) in [5.41, 5.74) is 5.98. The molecule has 1 aromatic rings. The second kappa shape index (κ2) is 8.16. The zero-order chi connectivity index (χ0) is 13.5. The molecule has 0 bridgehead atoms. The zero-order valence-corrected chi connectivity index (χ0v) is 13.2. The number of hydrogen-bond acceptors (Lipinski definition) is 3. The molecule has 0 aliphatic rings. The molecule has 1 atom stereocenters. The highest BCUT2D eigenvalue weighted by Gasteiger charge is 2.22. The highest BCUT2D eigenvalue weighted by Crippen LogP contribution is 2.30. The second-order valence-corrected chi connectivity index (χ2v) is 6.34. The molecule has 2 nitrogen and oxygen atoms in total. The summed E-state index contributed by atoms with van der Waals surface area (Å²) in [5, 5.41) is 2.81. The van der Waals surface area contributed by atoms with Crippen LogP contribution in [-0.4, -0.2) is 24.0 Å². The van der Waals surface area contributed by atoms with E-state index in [9.17, 15) is 0 Å². The van der Waals surface area contributed by atoms with Crippen LogP contribution in [0.3, 0.4) is 0 Å². The Morgan fingerprint density at radius 1 is 1.39 bits per heavy atom. The molecule has 0 radical (unpaired) electrons. The average Bonchev–Trinajstić information content (AvgIpc) is 2.74. The van der Waals surface area contributed by atoms with Crippen LogP contribution in [0.5, 0.6) is 0 Å². The highest BCUT2D eigenvalue weighted by molar-refractivity contribution is 7.10. The molecular formula is C14H25ClN2S. The molecule has 4 heteroatoms. The van der Waals surface area contributed by atoms with E-state index in [2.05, 4.69) is 31.7 Å². The van der Waals surface area contributed by atoms with Gasteiger partial charge >= 0.3 is 0 Å². The van der Waals surface area contributed by atoms with E-state index in [-0.39, 0.29) is 0 Å². The molecule has 1 unspecified atom stereocenters. The number of nitrogens with two attached hydrogens (primary N) is 1. The first kappa shape index (κ1) is 16.0. The lowest BCUT2D eigenvalue weighted by atomic mass is 10.1. The second-order valence-electron chi connectivity index (χ2n) is 4.96. The summed E-state index contributed by atoms with van der Waals surface area (Å²) < 4.78 is 0. The van der Waals surface area contributed by atoms with Crippen molar-refractivity contribution >= 4 is 22.9 Å². The predicted octanol–water partition coefficient (Wildman–Crippen LogP) is 4.30. The van der Waals surface area contributed by atoms with Crippen molar-refractivity contribution in [2.45, 2.75) is 52.1 Å². The standard InChI is InChI=1S/C14H25ClN2S/c1-4-5-6-7-17(11(2)3)13(9-16)14-8-12(15)10-18-14/h8,10-11,13H,4-7,9,16H2,1-3H3. The minimum Gasteiger partial charge on any atom is -0.329 e. The van der Waals surface area contributed by atoms with Gasteiger partial charge in [0, 0.05) is 22.8 Å². The smallest absolute Gasteiger partial charge is 0.0567 e. The molecule has 18 heavy (non-hydrogen) atoms. The molecule has 0 fully saturated rings. The largest absolute Gasteiger partial charge is 0.329 e. The summed E-state index contributed by atoms with van der Waals surface area (Å²) in [6, 6.07) is 2.87. The molecule has 0 aliphatic heterocycles. The van der Waals surface area contributed by atoms with Gasteiger partial charge in [-0.2, -0.15) is 0 Å². The summed E-state index contributed by atoms with van der Waals surface area (Å²) >= 11 is 7.74. The van der Waals surface area contributed by atoms with E-state index < -0.39 is 0 Å². The van der Waals surface area contributed by atoms with Crippen LogP contribution < -0.4 is 5.73 Å². The summed E-state index contributed by atoms with van der Waals surface area (Å²) in [6.07, 6.45) is 3.78. The van der Waals surface area contributed by atoms with E-state index in [0.717, 1.165) is 11.6 Å². The quantitative estimate of drug-likeness (QED) is 0.723. The normalized spacial score (nSPS) is 13.5. The molecule has 0 saturated heterocycles. The van der Waals surface area contributed by atoms with Crippen LogP contribution in [0.2, 0.25) is 5.02 Å². The lowest BCUT2D eigenvalue weighted by Crippen LogP contribution is -2.39. The molecular weight excluding hydrogens is 264 g/mol. The van der Waals surface area contributed by atoms with Crippen molar-refractivity contribution in [3.63, 3.8) is 0 Å². The van der Waals surface area contributed by atoms with Gasteiger partial charge in [-0.1, -0.05) is 31.4 Å². The third-order valence-corrected chi connectivity index (χ3v) is 4.60. The van der Waals surface area contributed by atoms with Crippen LogP contribution in [0.4, 0.5) is 0 Å². The molecule has 0 spiro atoms. The topological polar surface area (TPSA) is 29.3 Å². The maximum atomic E-state index is 6.02. The third-order valence-electron chi connectivity index (χ3n) is 3.22. The van der Waals surface area contributed by atoms with Crippen LogP contribution in [0.15, 0.2) is 11.4 Å². The molecule has 0 aromatic carbocycles. The first-order chi connectivity index (χ1) is 8.60. The highest BCUT2D eigenvalue weighted by atomic mass is 35.5. The summed E-state index contributed by atoms with van der Waals surface area (Å²) in [7, 11) is 0. The van der Waals surface area contributed by atoms with Gasteiger partial charge in [0.05, 0.1) is 11.1 Å². The van der Waals surface area contributed by atoms with Gasteiger partial charge in [0.15, 0.2) is 0 Å². The Morgan fingerprint density at radius 2 is 2.11 bits per heavy atom. The van der Waals surface area contributed by atoms with Crippen LogP contribution in [0, 0.1) is 0 Å². The predicted molar refractivity (Wildman–Crippen MR) is 82.5 cm³/mol. The SMILES string of the molecule is CCCCCN(C(C)C)C(CN)c1cc(Cl)cs1. The van der Waals surface area contributed by atoms with Gasteiger partial charge in [-0.15, -0.1) is 11.3 Å². The fourth-order valence-corrected chi connectivity index (χ4v) is 3.45. The van der Waals surface area contributed by atoms with E-state index in [1.807, 2.05) is 5.38 Å². The lowest BCUT2D eigenvalue weighted by Gasteiger charge is -2.33. The van der Waals surface area contributed by atoms with E-state index >= 15 is 0 Å². The van der Waals surface area contributed by atoms with Gasteiger partial charge in [-0.05, 0) is 32.9 Å². The number of thiophene rings is 1. The molecule has 1 rings (SSSR count). The van der Waals surface area contributed by atoms with Crippen LogP contribution in [-0.2, 0) is 0 Å². The van der Waals surface area contributed by atoms with Crippen LogP contribution >= 0.6 is 22.9 Å². The summed E-state index contributed by atoms with van der Waals surface area (Å²) in [6.45, 7) is 8.48. The number of hydrogen-bond donors (Lipinski definition) is 1. The maximum Gasteiger partial charge on any atom is 0.0567 e. The van der Waals surface area contributed by atoms with Gasteiger partial charge in [-0.3, -0.25) is 4.90 Å². The van der Waals surface area contributed by atoms with Crippen molar-refractivity contribution in [3.8, 4) is 0 Å². The van der Waals surface area contributed by atoms with Gasteiger partial charge in [0.25, 0.3) is 0 Å². The van der Waals surface area contributed by atoms with Gasteiger partial charge in [-0.25, -0.2) is 0 Å². The third kappa shape index (κ3) is 4.54. The minimum absolute atomic E-state index is 0.305. The molecule has 1 heterocycles. The Labute approximate surface area is 120 Å². The Kier molecular flexibility index (Phi) is 7.23. The monoisotopic (exact) mass is 288 g/mol. The Morgan fingerprint density at radius 3 is 2.56 bits per heavy atom. The summed E-state index contributed by atoms with van der Waals surface area (Å²) in [5.74, 6) is 0. The van der Waals surface area contributed by atoms with Crippen molar-refractivity contribution in [1.82, 2.24) is 4.90 Å². The number of nitrogens with zero attached hydrogens (tertiary/aromatic N) is 1. The van der Waals surface area contributed by atoms with Crippen molar-refractivity contribution in [1.29, 1.82) is 0 Å². The van der Waals surface area contributed by atoms with Gasteiger partial charge < -0.3 is 5.73 Å². The van der Waals surface area contributed by atoms with E-state index in [1.54, 1.807) is 11.3 Å². The minimum atomic E-state index is 0.305. The Hall–Kier alpha value is -0.0900. The fourth-order valence-electron chi connectivity index (χ4n) is 2.24. The van der Waals surface area contributed by atoms with Crippen LogP contribution in [0.25, 0.3) is 0 Å². The van der Waals surface area contributed by atoms with Crippen molar-refractivity contribution in [2.24, 2.45) is 5.73 Å². The average molecular weight is 289 g/mol. The first-order valence-corrected chi connectivity index (χ1v) is 8.05. The molecule has 0 aliphatic carbocycles. The van der Waals surface area contributed by atoms with Crippen molar-refractivity contribution in [3.05, 3.63) is 21.3 Å². The lowest BCUT2D eigenvalue weighted by molar-refractivity contribution is 0.156. The number of rotatable bonds is 8. The first-order valence-electron chi connectivity index (χ1n) is 6.79. The van der Waals surface area contributed by atoms with E-state index in [0.29, 0.717) is 18.6 Å². The number of unbranched alkanes of at least 4 members (excludes halogenated alkanes) is 2. The van der Waals surface area contributed by atoms with Gasteiger partial charge in [0.1, 0.15) is 0 Å². The van der Waals surface area contributed by atoms with E-state index in [1.165, 1.54) is 24.1 Å². The van der Waals surface area contributed by atoms with E-state index in [4.69, 9.17) is 17.3 Å². The Bertz CT molecular complexity index is 338. The van der Waals surface area contributed by atoms with Gasteiger partial charge in [0.2, 0.25) is 0 Å². The fraction of sp³-hybridized carbons (Fsp3) is 0.714.